The van der Waals surface area contributed by atoms with Crippen LogP contribution in [-0.4, -0.2) is 23.3 Å². The molecule has 0 saturated heterocycles. The van der Waals surface area contributed by atoms with Crippen LogP contribution >= 0.6 is 7.92 Å². The number of hydrogen-bond donors (Lipinski definition) is 0. The molecule has 0 aliphatic rings. The molecule has 3 nitrogen and oxygen atoms in total. The fraction of sp³-hybridized carbons (Fsp3) is 0.538. The first-order valence-corrected chi connectivity index (χ1v) is 13.7. The van der Waals surface area contributed by atoms with E-state index in [4.69, 9.17) is 0 Å². The zero-order chi connectivity index (χ0) is 23.9. The maximum absolute atomic E-state index is 11.9. The molecule has 0 N–H and O–H groups in total. The molecule has 2 aromatic carbocycles. The van der Waals surface area contributed by atoms with Crippen LogP contribution in [0.25, 0.3) is 11.1 Å². The molecule has 0 fully saturated rings. The Morgan fingerprint density at radius 2 is 1.22 bits per heavy atom. The van der Waals surface area contributed by atoms with E-state index in [2.05, 4.69) is 93.5 Å². The Labute approximate surface area is 219 Å². The topological polar surface area (TPSA) is 57.2 Å². The van der Waals surface area contributed by atoms with Crippen molar-refractivity contribution in [2.24, 2.45) is 0 Å². The molecule has 0 bridgehead atoms. The van der Waals surface area contributed by atoms with E-state index in [9.17, 15) is 13.0 Å². The van der Waals surface area contributed by atoms with Gasteiger partial charge in [-0.05, 0) is 61.8 Å². The van der Waals surface area contributed by atoms with Crippen molar-refractivity contribution in [2.75, 3.05) is 0 Å². The van der Waals surface area contributed by atoms with Gasteiger partial charge in [0.15, 0.2) is 0 Å². The molecule has 172 valence electrons. The predicted molar refractivity (Wildman–Crippen MR) is 134 cm³/mol. The van der Waals surface area contributed by atoms with Crippen molar-refractivity contribution in [2.45, 2.75) is 96.3 Å². The fourth-order valence-electron chi connectivity index (χ4n) is 4.63. The molecule has 6 heteroatoms. The molecule has 0 radical (unpaired) electrons. The van der Waals surface area contributed by atoms with Crippen molar-refractivity contribution in [3.05, 3.63) is 47.5 Å². The first-order chi connectivity index (χ1) is 14.0. The maximum atomic E-state index is 11.9. The van der Waals surface area contributed by atoms with Gasteiger partial charge >= 0.3 is 29.6 Å². The van der Waals surface area contributed by atoms with Crippen LogP contribution in [0.2, 0.25) is 0 Å². The summed E-state index contributed by atoms with van der Waals surface area (Å²) in [5, 5.41) is 1.52. The van der Waals surface area contributed by atoms with E-state index in [1.54, 1.807) is 12.1 Å². The van der Waals surface area contributed by atoms with Crippen molar-refractivity contribution in [1.82, 2.24) is 0 Å². The summed E-state index contributed by atoms with van der Waals surface area (Å²) in [6, 6.07) is 11.8. The van der Waals surface area contributed by atoms with E-state index in [0.717, 1.165) is 16.7 Å². The summed E-state index contributed by atoms with van der Waals surface area (Å²) in [6.45, 7) is 22.1. The molecule has 0 amide bonds. The van der Waals surface area contributed by atoms with Crippen molar-refractivity contribution in [1.29, 1.82) is 0 Å². The third kappa shape index (κ3) is 6.68. The van der Waals surface area contributed by atoms with Gasteiger partial charge < -0.3 is 4.55 Å². The van der Waals surface area contributed by atoms with Crippen LogP contribution in [0.4, 0.5) is 0 Å². The van der Waals surface area contributed by atoms with Gasteiger partial charge in [-0.2, -0.15) is 0 Å². The van der Waals surface area contributed by atoms with E-state index < -0.39 is 18.0 Å². The molecule has 0 aromatic heterocycles. The van der Waals surface area contributed by atoms with Gasteiger partial charge in [0.1, 0.15) is 10.1 Å². The first-order valence-electron chi connectivity index (χ1n) is 11.0. The molecule has 2 rings (SSSR count). The van der Waals surface area contributed by atoms with Crippen LogP contribution in [0.3, 0.4) is 0 Å². The Bertz CT molecular complexity index is 1000. The van der Waals surface area contributed by atoms with Crippen molar-refractivity contribution in [3.63, 3.8) is 0 Å². The van der Waals surface area contributed by atoms with Gasteiger partial charge in [-0.25, -0.2) is 8.42 Å². The summed E-state index contributed by atoms with van der Waals surface area (Å²) in [5.41, 5.74) is 4.10. The Balaban J connectivity index is 0.00000512. The Morgan fingerprint density at radius 1 is 0.812 bits per heavy atom. The van der Waals surface area contributed by atoms with Gasteiger partial charge in [0.05, 0.1) is 4.90 Å². The second-order valence-corrected chi connectivity index (χ2v) is 16.2. The minimum atomic E-state index is -4.53. The molecule has 0 spiro atoms. The zero-order valence-corrected chi connectivity index (χ0v) is 25.4. The van der Waals surface area contributed by atoms with Gasteiger partial charge in [0, 0.05) is 0 Å². The number of benzene rings is 2. The van der Waals surface area contributed by atoms with Crippen LogP contribution < -0.4 is 34.9 Å². The van der Waals surface area contributed by atoms with Gasteiger partial charge in [-0.3, -0.25) is 0 Å². The first kappa shape index (κ1) is 29.8. The van der Waals surface area contributed by atoms with Gasteiger partial charge in [0.2, 0.25) is 0 Å². The van der Waals surface area contributed by atoms with Crippen molar-refractivity contribution in [3.8, 4) is 11.1 Å². The Hall–Kier alpha value is -0.220. The van der Waals surface area contributed by atoms with Gasteiger partial charge in [0.25, 0.3) is 0 Å². The van der Waals surface area contributed by atoms with Crippen LogP contribution in [0.5, 0.6) is 0 Å². The zero-order valence-electron chi connectivity index (χ0n) is 21.7. The van der Waals surface area contributed by atoms with Crippen LogP contribution in [-0.2, 0) is 10.1 Å². The Kier molecular flexibility index (Phi) is 9.86. The van der Waals surface area contributed by atoms with E-state index in [0.29, 0.717) is 0 Å². The summed E-state index contributed by atoms with van der Waals surface area (Å²) in [4.78, 5) is -0.130. The Morgan fingerprint density at radius 3 is 1.56 bits per heavy atom. The molecule has 0 aliphatic carbocycles. The summed E-state index contributed by atoms with van der Waals surface area (Å²) in [7, 11) is -5.09. The SMILES string of the molecule is CC(C)c1cc(S(=O)(=O)[O-])cc(C(C)C)c1-c1ccccc1P(C(C)(C)C)C(C)(C)C.[Na+]. The van der Waals surface area contributed by atoms with Gasteiger partial charge in [-0.15, -0.1) is 0 Å². The van der Waals surface area contributed by atoms with Crippen molar-refractivity contribution < 1.29 is 42.5 Å². The van der Waals surface area contributed by atoms with Crippen LogP contribution in [0.15, 0.2) is 41.3 Å². The van der Waals surface area contributed by atoms with E-state index in [1.165, 1.54) is 10.9 Å². The van der Waals surface area contributed by atoms with E-state index in [1.807, 2.05) is 0 Å². The third-order valence-electron chi connectivity index (χ3n) is 5.46. The molecule has 0 saturated carbocycles. The second kappa shape index (κ2) is 10.6. The predicted octanol–water partition coefficient (Wildman–Crippen LogP) is 4.21. The normalized spacial score (nSPS) is 13.1. The van der Waals surface area contributed by atoms with Crippen molar-refractivity contribution >= 4 is 23.3 Å². The summed E-state index contributed by atoms with van der Waals surface area (Å²) >= 11 is 0. The minimum absolute atomic E-state index is 0. The average molecular weight is 485 g/mol. The van der Waals surface area contributed by atoms with Crippen LogP contribution in [0.1, 0.15) is 92.2 Å². The summed E-state index contributed by atoms with van der Waals surface area (Å²) in [5.74, 6) is 0.163. The molecule has 0 atom stereocenters. The average Bonchev–Trinajstić information content (AvgIpc) is 2.57. The monoisotopic (exact) mass is 484 g/mol. The maximum Gasteiger partial charge on any atom is 1.00 e. The van der Waals surface area contributed by atoms with E-state index >= 15 is 0 Å². The second-order valence-electron chi connectivity index (χ2n) is 10.9. The third-order valence-corrected chi connectivity index (χ3v) is 9.83. The van der Waals surface area contributed by atoms with Crippen LogP contribution in [0, 0.1) is 0 Å². The molecule has 0 aliphatic heterocycles. The molecule has 0 heterocycles. The summed E-state index contributed by atoms with van der Waals surface area (Å²) in [6.07, 6.45) is 0. The molecule has 2 aromatic rings. The quantitative estimate of drug-likeness (QED) is 0.363. The van der Waals surface area contributed by atoms with E-state index in [-0.39, 0.29) is 56.6 Å². The van der Waals surface area contributed by atoms with Gasteiger partial charge in [-0.1, -0.05) is 101 Å². The largest absolute Gasteiger partial charge is 1.00 e. The molecule has 0 unspecified atom stereocenters. The molecular weight excluding hydrogens is 446 g/mol. The fourth-order valence-corrected chi connectivity index (χ4v) is 9.30. The molecule has 32 heavy (non-hydrogen) atoms. The number of hydrogen-bond acceptors (Lipinski definition) is 3. The minimum Gasteiger partial charge on any atom is -0.744 e. The smallest absolute Gasteiger partial charge is 0.744 e. The number of rotatable bonds is 5. The summed E-state index contributed by atoms with van der Waals surface area (Å²) < 4.78 is 35.7. The standard InChI is InChI=1S/C26H39O3PS.Na/c1-17(2)21-15-19(31(27,28)29)16-22(18(3)4)24(21)20-13-11-12-14-23(20)30(25(5,6)7)26(8,9)10;/h11-18H,1-10H3,(H,27,28,29);/q;+1/p-1. The molecular formula is C26H38NaO3PS.